The number of carbonyl (C=O) groups is 1. The lowest BCUT2D eigenvalue weighted by atomic mass is 9.90. The van der Waals surface area contributed by atoms with Crippen molar-refractivity contribution in [2.45, 2.75) is 32.6 Å². The average Bonchev–Trinajstić information content (AvgIpc) is 3.16. The van der Waals surface area contributed by atoms with Crippen LogP contribution in [-0.4, -0.2) is 24.3 Å². The van der Waals surface area contributed by atoms with Crippen molar-refractivity contribution in [3.8, 4) is 11.5 Å². The normalized spacial score (nSPS) is 29.2. The summed E-state index contributed by atoms with van der Waals surface area (Å²) in [5.74, 6) is 1.04. The van der Waals surface area contributed by atoms with Crippen LogP contribution in [-0.2, 0) is 4.79 Å². The van der Waals surface area contributed by atoms with E-state index in [0.717, 1.165) is 18.4 Å². The van der Waals surface area contributed by atoms with Crippen LogP contribution >= 0.6 is 15.9 Å². The van der Waals surface area contributed by atoms with Gasteiger partial charge in [0.15, 0.2) is 11.5 Å². The van der Waals surface area contributed by atoms with E-state index in [9.17, 15) is 9.90 Å². The molecule has 23 heavy (non-hydrogen) atoms. The molecule has 2 saturated carbocycles. The third kappa shape index (κ3) is 2.96. The highest BCUT2D eigenvalue weighted by Gasteiger charge is 2.64. The zero-order valence-electron chi connectivity index (χ0n) is 13.3. The quantitative estimate of drug-likeness (QED) is 0.620. The number of benzene rings is 1. The number of hydrogen-bond donors (Lipinski definition) is 2. The van der Waals surface area contributed by atoms with Crippen molar-refractivity contribution in [1.82, 2.24) is 5.43 Å². The zero-order chi connectivity index (χ0) is 16.6. The molecule has 5 nitrogen and oxygen atoms in total. The fraction of sp³-hybridized carbons (Fsp3) is 0.529. The van der Waals surface area contributed by atoms with Crippen molar-refractivity contribution in [3.63, 3.8) is 0 Å². The topological polar surface area (TPSA) is 70.9 Å². The Bertz CT molecular complexity index is 661. The Kier molecular flexibility index (Phi) is 4.36. The fourth-order valence-corrected chi connectivity index (χ4v) is 4.37. The minimum atomic E-state index is 0.0143. The summed E-state index contributed by atoms with van der Waals surface area (Å²) in [6.07, 6.45) is 6.30. The molecular formula is C17H21BrN2O3. The molecule has 0 saturated heterocycles. The summed E-state index contributed by atoms with van der Waals surface area (Å²) in [6, 6.07) is 3.37. The number of rotatable bonds is 4. The van der Waals surface area contributed by atoms with E-state index in [1.54, 1.807) is 18.3 Å². The van der Waals surface area contributed by atoms with Gasteiger partial charge in [-0.3, -0.25) is 4.79 Å². The van der Waals surface area contributed by atoms with Crippen LogP contribution in [0.4, 0.5) is 0 Å². The number of methoxy groups -OCH3 is 1. The number of aromatic hydroxyl groups is 1. The van der Waals surface area contributed by atoms with E-state index in [0.29, 0.717) is 16.1 Å². The van der Waals surface area contributed by atoms with Gasteiger partial charge in [-0.2, -0.15) is 5.10 Å². The number of phenols is 1. The summed E-state index contributed by atoms with van der Waals surface area (Å²) in [5.41, 5.74) is 3.57. The van der Waals surface area contributed by atoms with Crippen LogP contribution in [0.2, 0.25) is 0 Å². The van der Waals surface area contributed by atoms with Gasteiger partial charge in [0.25, 0.3) is 0 Å². The molecule has 2 fully saturated rings. The largest absolute Gasteiger partial charge is 0.503 e. The molecule has 0 aromatic heterocycles. The van der Waals surface area contributed by atoms with Crippen LogP contribution in [0, 0.1) is 17.3 Å². The molecule has 124 valence electrons. The monoisotopic (exact) mass is 380 g/mol. The van der Waals surface area contributed by atoms with Crippen LogP contribution in [0.15, 0.2) is 21.7 Å². The van der Waals surface area contributed by atoms with Gasteiger partial charge in [-0.1, -0.05) is 19.8 Å². The minimum absolute atomic E-state index is 0.0143. The van der Waals surface area contributed by atoms with Gasteiger partial charge < -0.3 is 9.84 Å². The van der Waals surface area contributed by atoms with Crippen molar-refractivity contribution in [3.05, 3.63) is 22.2 Å². The first-order valence-corrected chi connectivity index (χ1v) is 8.66. The van der Waals surface area contributed by atoms with Crippen LogP contribution in [0.1, 0.15) is 38.2 Å². The van der Waals surface area contributed by atoms with E-state index in [1.165, 1.54) is 20.0 Å². The second-order valence-electron chi connectivity index (χ2n) is 6.62. The number of carbonyl (C=O) groups excluding carboxylic acids is 1. The number of amides is 1. The Morgan fingerprint density at radius 2 is 2.30 bits per heavy atom. The third-order valence-corrected chi connectivity index (χ3v) is 5.88. The van der Waals surface area contributed by atoms with Crippen molar-refractivity contribution in [1.29, 1.82) is 0 Å². The van der Waals surface area contributed by atoms with E-state index in [-0.39, 0.29) is 23.0 Å². The van der Waals surface area contributed by atoms with Crippen molar-refractivity contribution >= 4 is 28.1 Å². The molecule has 0 radical (unpaired) electrons. The first kappa shape index (κ1) is 16.3. The summed E-state index contributed by atoms with van der Waals surface area (Å²) in [5, 5.41) is 13.8. The fourth-order valence-electron chi connectivity index (χ4n) is 3.91. The van der Waals surface area contributed by atoms with Crippen LogP contribution < -0.4 is 10.2 Å². The van der Waals surface area contributed by atoms with Gasteiger partial charge in [0.05, 0.1) is 17.8 Å². The highest BCUT2D eigenvalue weighted by atomic mass is 79.9. The SMILES string of the molecule is COc1cc(/C=N\NC(=O)[C@H]2[C@@H]3CCCC[C@]32C)cc(Br)c1O. The molecule has 1 aromatic carbocycles. The first-order valence-electron chi connectivity index (χ1n) is 7.87. The molecule has 0 aliphatic heterocycles. The summed E-state index contributed by atoms with van der Waals surface area (Å²) < 4.78 is 5.61. The Hall–Kier alpha value is -1.56. The van der Waals surface area contributed by atoms with Crippen molar-refractivity contribution < 1.29 is 14.6 Å². The lowest BCUT2D eigenvalue weighted by Gasteiger charge is -2.15. The van der Waals surface area contributed by atoms with Gasteiger partial charge >= 0.3 is 0 Å². The lowest BCUT2D eigenvalue weighted by Crippen LogP contribution is -2.22. The van der Waals surface area contributed by atoms with Gasteiger partial charge in [0, 0.05) is 5.92 Å². The van der Waals surface area contributed by atoms with E-state index in [4.69, 9.17) is 4.74 Å². The maximum absolute atomic E-state index is 12.3. The van der Waals surface area contributed by atoms with Gasteiger partial charge in [0.1, 0.15) is 0 Å². The number of hydrazone groups is 1. The Labute approximate surface area is 144 Å². The number of halogens is 1. The van der Waals surface area contributed by atoms with Crippen molar-refractivity contribution in [2.24, 2.45) is 22.4 Å². The van der Waals surface area contributed by atoms with E-state index in [2.05, 4.69) is 33.4 Å². The third-order valence-electron chi connectivity index (χ3n) is 5.27. The summed E-state index contributed by atoms with van der Waals surface area (Å²) in [6.45, 7) is 2.22. The molecule has 3 rings (SSSR count). The Morgan fingerprint density at radius 1 is 1.52 bits per heavy atom. The van der Waals surface area contributed by atoms with Gasteiger partial charge in [-0.05, 0) is 57.8 Å². The molecule has 6 heteroatoms. The van der Waals surface area contributed by atoms with Gasteiger partial charge in [-0.15, -0.1) is 0 Å². The number of nitrogens with zero attached hydrogens (tertiary/aromatic N) is 1. The second-order valence-corrected chi connectivity index (χ2v) is 7.48. The number of ether oxygens (including phenoxy) is 1. The summed E-state index contributed by atoms with van der Waals surface area (Å²) >= 11 is 3.26. The molecule has 2 aliphatic rings. The molecule has 2 N–H and O–H groups in total. The molecular weight excluding hydrogens is 360 g/mol. The molecule has 2 aliphatic carbocycles. The number of fused-ring (bicyclic) bond motifs is 1. The molecule has 0 bridgehead atoms. The second kappa shape index (κ2) is 6.15. The predicted octanol–water partition coefficient (Wildman–Crippen LogP) is 3.44. The smallest absolute Gasteiger partial charge is 0.244 e. The van der Waals surface area contributed by atoms with E-state index in [1.807, 2.05) is 0 Å². The van der Waals surface area contributed by atoms with Gasteiger partial charge in [0.2, 0.25) is 5.91 Å². The van der Waals surface area contributed by atoms with Gasteiger partial charge in [-0.25, -0.2) is 5.43 Å². The maximum Gasteiger partial charge on any atom is 0.244 e. The molecule has 0 unspecified atom stereocenters. The molecule has 0 heterocycles. The first-order chi connectivity index (χ1) is 11.0. The van der Waals surface area contributed by atoms with E-state index >= 15 is 0 Å². The van der Waals surface area contributed by atoms with Crippen LogP contribution in [0.25, 0.3) is 0 Å². The highest BCUT2D eigenvalue weighted by Crippen LogP contribution is 2.66. The molecule has 1 aromatic rings. The number of phenolic OH excluding ortho intramolecular Hbond substituents is 1. The summed E-state index contributed by atoms with van der Waals surface area (Å²) in [4.78, 5) is 12.3. The van der Waals surface area contributed by atoms with E-state index < -0.39 is 0 Å². The maximum atomic E-state index is 12.3. The molecule has 0 spiro atoms. The average molecular weight is 381 g/mol. The minimum Gasteiger partial charge on any atom is -0.503 e. The van der Waals surface area contributed by atoms with Crippen LogP contribution in [0.3, 0.4) is 0 Å². The predicted molar refractivity (Wildman–Crippen MR) is 91.7 cm³/mol. The summed E-state index contributed by atoms with van der Waals surface area (Å²) in [7, 11) is 1.49. The standard InChI is InChI=1S/C17H21BrN2O3/c1-17-6-4-3-5-11(17)14(17)16(22)20-19-9-10-7-12(18)15(21)13(8-10)23-2/h7-9,11,14,21H,3-6H2,1-2H3,(H,20,22)/b19-9-/t11-,14+,17+/m0/s1. The number of hydrogen-bond acceptors (Lipinski definition) is 4. The lowest BCUT2D eigenvalue weighted by molar-refractivity contribution is -0.123. The Morgan fingerprint density at radius 3 is 2.96 bits per heavy atom. The Balaban J connectivity index is 1.63. The highest BCUT2D eigenvalue weighted by molar-refractivity contribution is 9.10. The van der Waals surface area contributed by atoms with Crippen molar-refractivity contribution in [2.75, 3.05) is 7.11 Å². The zero-order valence-corrected chi connectivity index (χ0v) is 14.9. The van der Waals surface area contributed by atoms with Crippen LogP contribution in [0.5, 0.6) is 11.5 Å². The number of nitrogens with one attached hydrogen (secondary N) is 1. The molecule has 1 amide bonds. The molecule has 3 atom stereocenters.